The van der Waals surface area contributed by atoms with Gasteiger partial charge in [0.2, 0.25) is 0 Å². The first kappa shape index (κ1) is 17.2. The van der Waals surface area contributed by atoms with Gasteiger partial charge in [-0.1, -0.05) is 42.5 Å². The number of Topliss-reactive ketones (excluding diaryl/α,β-unsaturated/α-hetero) is 1. The van der Waals surface area contributed by atoms with Crippen LogP contribution in [0.25, 0.3) is 5.70 Å². The van der Waals surface area contributed by atoms with E-state index in [4.69, 9.17) is 9.47 Å². The Morgan fingerprint density at radius 1 is 1.00 bits per heavy atom. The number of allylic oxidation sites excluding steroid dienone is 1. The van der Waals surface area contributed by atoms with E-state index in [1.807, 2.05) is 42.5 Å². The van der Waals surface area contributed by atoms with Gasteiger partial charge in [0.25, 0.3) is 0 Å². The molecule has 136 valence electrons. The van der Waals surface area contributed by atoms with Crippen LogP contribution >= 0.6 is 0 Å². The number of carbonyl (C=O) groups is 2. The molecule has 0 aromatic heterocycles. The molecule has 2 aromatic carbocycles. The Hall–Kier alpha value is -3.21. The lowest BCUT2D eigenvalue weighted by Gasteiger charge is -2.31. The minimum atomic E-state index is -0.677. The van der Waals surface area contributed by atoms with Crippen LogP contribution in [0.4, 0.5) is 0 Å². The predicted octanol–water partition coefficient (Wildman–Crippen LogP) is 3.65. The van der Waals surface area contributed by atoms with E-state index in [1.54, 1.807) is 20.1 Å². The number of benzene rings is 2. The van der Waals surface area contributed by atoms with Gasteiger partial charge in [-0.15, -0.1) is 0 Å². The van der Waals surface area contributed by atoms with Crippen molar-refractivity contribution in [2.24, 2.45) is 10.9 Å². The number of esters is 1. The number of aliphatic imine (C=N–C) groups is 1. The summed E-state index contributed by atoms with van der Waals surface area (Å²) in [5.74, 6) is -1.07. The van der Waals surface area contributed by atoms with Crippen molar-refractivity contribution in [2.45, 2.75) is 12.8 Å². The Morgan fingerprint density at radius 3 is 2.37 bits per heavy atom. The molecular weight excluding hydrogens is 342 g/mol. The minimum Gasteiger partial charge on any atom is -0.496 e. The number of fused-ring (bicyclic) bond motifs is 2. The minimum absolute atomic E-state index is 0.0957. The molecule has 4 rings (SSSR count). The molecule has 1 aliphatic carbocycles. The molecule has 1 aliphatic heterocycles. The van der Waals surface area contributed by atoms with Gasteiger partial charge in [0, 0.05) is 33.9 Å². The molecule has 0 N–H and O–H groups in total. The SMILES string of the molecule is COC(=O)C1C(C)=NC2=C(C(=O)c3ccccc32)[C@H]1c1ccccc1OC. The summed E-state index contributed by atoms with van der Waals surface area (Å²) in [7, 11) is 2.93. The molecule has 0 spiro atoms. The molecule has 5 nitrogen and oxygen atoms in total. The first-order valence-corrected chi connectivity index (χ1v) is 8.72. The maximum absolute atomic E-state index is 13.3. The molecule has 27 heavy (non-hydrogen) atoms. The topological polar surface area (TPSA) is 65.0 Å². The van der Waals surface area contributed by atoms with E-state index in [0.717, 1.165) is 11.1 Å². The predicted molar refractivity (Wildman–Crippen MR) is 102 cm³/mol. The van der Waals surface area contributed by atoms with Crippen LogP contribution in [0, 0.1) is 5.92 Å². The molecule has 2 atom stereocenters. The van der Waals surface area contributed by atoms with Gasteiger partial charge in [-0.2, -0.15) is 0 Å². The van der Waals surface area contributed by atoms with Crippen LogP contribution in [0.1, 0.15) is 34.3 Å². The molecule has 1 heterocycles. The van der Waals surface area contributed by atoms with E-state index in [0.29, 0.717) is 28.3 Å². The quantitative estimate of drug-likeness (QED) is 0.783. The first-order chi connectivity index (χ1) is 13.1. The van der Waals surface area contributed by atoms with E-state index < -0.39 is 17.8 Å². The molecule has 1 unspecified atom stereocenters. The third kappa shape index (κ3) is 2.50. The highest BCUT2D eigenvalue weighted by molar-refractivity contribution is 6.24. The number of rotatable bonds is 3. The van der Waals surface area contributed by atoms with Crippen LogP contribution in [-0.2, 0) is 9.53 Å². The third-order valence-electron chi connectivity index (χ3n) is 5.24. The van der Waals surface area contributed by atoms with Crippen LogP contribution in [0.15, 0.2) is 59.1 Å². The van der Waals surface area contributed by atoms with Gasteiger partial charge in [0.05, 0.1) is 19.9 Å². The highest BCUT2D eigenvalue weighted by Gasteiger charge is 2.46. The van der Waals surface area contributed by atoms with Crippen molar-refractivity contribution in [1.29, 1.82) is 0 Å². The Morgan fingerprint density at radius 2 is 1.67 bits per heavy atom. The molecule has 0 fully saturated rings. The molecule has 0 amide bonds. The van der Waals surface area contributed by atoms with Gasteiger partial charge in [-0.3, -0.25) is 14.6 Å². The van der Waals surface area contributed by atoms with Crippen LogP contribution in [0.2, 0.25) is 0 Å². The Labute approximate surface area is 157 Å². The fourth-order valence-corrected chi connectivity index (χ4v) is 4.04. The average Bonchev–Trinajstić information content (AvgIpc) is 2.98. The van der Waals surface area contributed by atoms with E-state index in [1.165, 1.54) is 7.11 Å². The summed E-state index contributed by atoms with van der Waals surface area (Å²) in [5.41, 5.74) is 4.00. The zero-order valence-corrected chi connectivity index (χ0v) is 15.4. The van der Waals surface area contributed by atoms with Gasteiger partial charge in [0.1, 0.15) is 11.7 Å². The molecule has 0 saturated heterocycles. The van der Waals surface area contributed by atoms with Crippen molar-refractivity contribution in [3.05, 3.63) is 70.8 Å². The monoisotopic (exact) mass is 361 g/mol. The second-order valence-electron chi connectivity index (χ2n) is 6.61. The smallest absolute Gasteiger partial charge is 0.315 e. The number of carbonyl (C=O) groups excluding carboxylic acids is 2. The number of nitrogens with zero attached hydrogens (tertiary/aromatic N) is 1. The number of hydrogen-bond acceptors (Lipinski definition) is 5. The van der Waals surface area contributed by atoms with Crippen LogP contribution in [0.3, 0.4) is 0 Å². The summed E-state index contributed by atoms with van der Waals surface area (Å²) >= 11 is 0. The van der Waals surface area contributed by atoms with Crippen LogP contribution in [0.5, 0.6) is 5.75 Å². The molecule has 0 saturated carbocycles. The van der Waals surface area contributed by atoms with Crippen molar-refractivity contribution >= 4 is 23.2 Å². The summed E-state index contributed by atoms with van der Waals surface area (Å²) in [6.45, 7) is 1.80. The van der Waals surface area contributed by atoms with Gasteiger partial charge >= 0.3 is 5.97 Å². The third-order valence-corrected chi connectivity index (χ3v) is 5.24. The Kier molecular flexibility index (Phi) is 4.15. The second kappa shape index (κ2) is 6.50. The molecular formula is C22H19NO4. The number of hydrogen-bond donors (Lipinski definition) is 0. The van der Waals surface area contributed by atoms with E-state index in [-0.39, 0.29) is 5.78 Å². The van der Waals surface area contributed by atoms with Crippen molar-refractivity contribution in [2.75, 3.05) is 14.2 Å². The maximum atomic E-state index is 13.3. The average molecular weight is 361 g/mol. The highest BCUT2D eigenvalue weighted by Crippen LogP contribution is 2.49. The van der Waals surface area contributed by atoms with Gasteiger partial charge in [0.15, 0.2) is 5.78 Å². The van der Waals surface area contributed by atoms with Crippen LogP contribution in [-0.4, -0.2) is 31.7 Å². The van der Waals surface area contributed by atoms with Crippen molar-refractivity contribution in [3.63, 3.8) is 0 Å². The molecule has 5 heteroatoms. The number of para-hydroxylation sites is 1. The van der Waals surface area contributed by atoms with Crippen molar-refractivity contribution in [3.8, 4) is 5.75 Å². The van der Waals surface area contributed by atoms with E-state index in [9.17, 15) is 9.59 Å². The van der Waals surface area contributed by atoms with E-state index in [2.05, 4.69) is 4.99 Å². The number of ether oxygens (including phenoxy) is 2. The molecule has 0 bridgehead atoms. The standard InChI is InChI=1S/C22H19NO4/c1-12-17(22(25)27-3)18(15-10-6-7-11-16(15)26-2)19-20(23-12)13-8-4-5-9-14(13)21(19)24/h4-11,17-18H,1-3H3/t17?,18-/m0/s1. The summed E-state index contributed by atoms with van der Waals surface area (Å²) in [4.78, 5) is 30.6. The lowest BCUT2D eigenvalue weighted by atomic mass is 9.75. The van der Waals surface area contributed by atoms with E-state index >= 15 is 0 Å². The highest BCUT2D eigenvalue weighted by atomic mass is 16.5. The lowest BCUT2D eigenvalue weighted by molar-refractivity contribution is -0.143. The first-order valence-electron chi connectivity index (χ1n) is 8.72. The molecule has 0 radical (unpaired) electrons. The zero-order chi connectivity index (χ0) is 19.1. The van der Waals surface area contributed by atoms with Gasteiger partial charge in [-0.25, -0.2) is 0 Å². The summed E-state index contributed by atoms with van der Waals surface area (Å²) in [6.07, 6.45) is 0. The number of ketones is 1. The van der Waals surface area contributed by atoms with Gasteiger partial charge in [-0.05, 0) is 13.0 Å². The molecule has 2 aromatic rings. The van der Waals surface area contributed by atoms with Crippen molar-refractivity contribution < 1.29 is 19.1 Å². The molecule has 2 aliphatic rings. The second-order valence-corrected chi connectivity index (χ2v) is 6.61. The Bertz CT molecular complexity index is 1020. The Balaban J connectivity index is 1.99. The maximum Gasteiger partial charge on any atom is 0.315 e. The van der Waals surface area contributed by atoms with Crippen LogP contribution < -0.4 is 4.74 Å². The zero-order valence-electron chi connectivity index (χ0n) is 15.4. The largest absolute Gasteiger partial charge is 0.496 e. The fraction of sp³-hybridized carbons (Fsp3) is 0.227. The van der Waals surface area contributed by atoms with Crippen molar-refractivity contribution in [1.82, 2.24) is 0 Å². The summed E-state index contributed by atoms with van der Waals surface area (Å²) < 4.78 is 10.6. The number of methoxy groups -OCH3 is 2. The normalized spacial score (nSPS) is 20.7. The lowest BCUT2D eigenvalue weighted by Crippen LogP contribution is -2.34. The summed E-state index contributed by atoms with van der Waals surface area (Å²) in [6, 6.07) is 14.9. The fourth-order valence-electron chi connectivity index (χ4n) is 4.04. The van der Waals surface area contributed by atoms with Gasteiger partial charge < -0.3 is 9.47 Å². The summed E-state index contributed by atoms with van der Waals surface area (Å²) in [5, 5.41) is 0.